The molecule has 0 aliphatic carbocycles. The molecule has 0 spiro atoms. The van der Waals surface area contributed by atoms with Crippen molar-refractivity contribution in [2.75, 3.05) is 78.5 Å². The number of nitrogens with one attached hydrogen (secondary N) is 2. The SMILES string of the molecule is CC(=O)CC[C@H](NC(=O)N[C@@H](CCCCN(Cc1ccc(Br)nc1)C(=O)CCCCCC(=O)CCC(C(=O)O)N1CCN(CC(=O)O)CCN(CC(=O)O)CCN(CC(=O)O)CC1)C(=O)O)C(=O)O. The molecule has 1 unspecified atom stereocenters. The minimum atomic E-state index is -1.40. The number of unbranched alkanes of at least 4 members (excludes halogenated alkanes) is 3. The van der Waals surface area contributed by atoms with Gasteiger partial charge >= 0.3 is 41.8 Å². The number of aromatic nitrogens is 1. The van der Waals surface area contributed by atoms with Gasteiger partial charge < -0.3 is 51.0 Å². The quantitative estimate of drug-likeness (QED) is 0.0382. The number of aliphatic carboxylic acids is 6. The lowest BCUT2D eigenvalue weighted by Crippen LogP contribution is -2.51. The van der Waals surface area contributed by atoms with Crippen molar-refractivity contribution in [3.8, 4) is 0 Å². The number of ketones is 2. The first-order chi connectivity index (χ1) is 32.6. The standard InChI is InChI=1S/C44H67BrN8O16/c1-30(54)10-13-34(42(65)66)48-44(69)47-33(41(63)64)8-5-6-16-53(26-31-11-15-36(45)46-25-31)37(56)9-4-2-3-7-32(55)12-14-35(43(67)68)52-23-21-50(28-39(59)60)19-17-49(27-38(57)58)18-20-51(22-24-52)29-40(61)62/h11,15,25,33-35H,2-10,12-14,16-24,26-29H2,1H3,(H,57,58)(H,59,60)(H,61,62)(H,63,64)(H,65,66)(H,67,68)(H2,47,48,69)/t33-,34-,35?/m0/s1. The van der Waals surface area contributed by atoms with Gasteiger partial charge in [0, 0.05) is 97.3 Å². The van der Waals surface area contributed by atoms with Gasteiger partial charge in [0.2, 0.25) is 5.91 Å². The first-order valence-electron chi connectivity index (χ1n) is 22.8. The van der Waals surface area contributed by atoms with Gasteiger partial charge in [0.15, 0.2) is 0 Å². The zero-order valence-corrected chi connectivity index (χ0v) is 40.6. The number of carbonyl (C=O) groups is 10. The molecule has 1 fully saturated rings. The van der Waals surface area contributed by atoms with Gasteiger partial charge in [0.05, 0.1) is 19.6 Å². The summed E-state index contributed by atoms with van der Waals surface area (Å²) in [7, 11) is 0. The summed E-state index contributed by atoms with van der Waals surface area (Å²) in [5.74, 6) is -7.91. The fourth-order valence-electron chi connectivity index (χ4n) is 7.61. The van der Waals surface area contributed by atoms with Crippen molar-refractivity contribution in [3.63, 3.8) is 0 Å². The fourth-order valence-corrected chi connectivity index (χ4v) is 7.85. The zero-order valence-electron chi connectivity index (χ0n) is 39.0. The van der Waals surface area contributed by atoms with E-state index < -0.39 is 60.0 Å². The Balaban J connectivity index is 1.99. The van der Waals surface area contributed by atoms with E-state index >= 15 is 0 Å². The highest BCUT2D eigenvalue weighted by molar-refractivity contribution is 9.10. The van der Waals surface area contributed by atoms with E-state index in [1.165, 1.54) is 6.92 Å². The van der Waals surface area contributed by atoms with Crippen LogP contribution in [0.2, 0.25) is 0 Å². The van der Waals surface area contributed by atoms with Crippen molar-refractivity contribution >= 4 is 75.3 Å². The largest absolute Gasteiger partial charge is 0.480 e. The van der Waals surface area contributed by atoms with Crippen LogP contribution in [0, 0.1) is 0 Å². The maximum absolute atomic E-state index is 13.5. The summed E-state index contributed by atoms with van der Waals surface area (Å²) in [5.41, 5.74) is 0.739. The number of halogens is 1. The smallest absolute Gasteiger partial charge is 0.326 e. The number of hydrogen-bond donors (Lipinski definition) is 8. The van der Waals surface area contributed by atoms with E-state index in [0.29, 0.717) is 30.3 Å². The summed E-state index contributed by atoms with van der Waals surface area (Å²) in [4.78, 5) is 133. The van der Waals surface area contributed by atoms with Gasteiger partial charge in [-0.25, -0.2) is 19.4 Å². The highest BCUT2D eigenvalue weighted by Gasteiger charge is 2.29. The molecule has 8 N–H and O–H groups in total. The van der Waals surface area contributed by atoms with Crippen LogP contribution in [0.3, 0.4) is 0 Å². The van der Waals surface area contributed by atoms with Crippen molar-refractivity contribution < 1.29 is 78.6 Å². The monoisotopic (exact) mass is 1040 g/mol. The van der Waals surface area contributed by atoms with Crippen molar-refractivity contribution in [2.24, 2.45) is 0 Å². The third-order valence-corrected chi connectivity index (χ3v) is 11.9. The predicted octanol–water partition coefficient (Wildman–Crippen LogP) is 1.15. The topological polar surface area (TPSA) is 345 Å². The van der Waals surface area contributed by atoms with Crippen LogP contribution in [0.5, 0.6) is 0 Å². The Morgan fingerprint density at radius 1 is 0.609 bits per heavy atom. The molecule has 386 valence electrons. The Morgan fingerprint density at radius 3 is 1.58 bits per heavy atom. The van der Waals surface area contributed by atoms with E-state index in [2.05, 4.69) is 31.5 Å². The van der Waals surface area contributed by atoms with E-state index in [1.54, 1.807) is 42.8 Å². The Kier molecular flexibility index (Phi) is 27.8. The van der Waals surface area contributed by atoms with E-state index in [0.717, 1.165) is 5.56 Å². The summed E-state index contributed by atoms with van der Waals surface area (Å²) >= 11 is 3.29. The number of Topliss-reactive ketones (excluding diaryl/α,β-unsaturated/α-hetero) is 2. The van der Waals surface area contributed by atoms with Crippen LogP contribution in [-0.4, -0.2) is 216 Å². The first-order valence-corrected chi connectivity index (χ1v) is 23.6. The lowest BCUT2D eigenvalue weighted by atomic mass is 10.0. The van der Waals surface area contributed by atoms with E-state index in [-0.39, 0.29) is 154 Å². The maximum atomic E-state index is 13.5. The number of urea groups is 1. The molecule has 1 aromatic rings. The van der Waals surface area contributed by atoms with Crippen LogP contribution < -0.4 is 10.6 Å². The normalized spacial score (nSPS) is 15.9. The summed E-state index contributed by atoms with van der Waals surface area (Å²) < 4.78 is 0.596. The molecular weight excluding hydrogens is 976 g/mol. The molecule has 0 radical (unpaired) electrons. The van der Waals surface area contributed by atoms with Crippen LogP contribution in [0.15, 0.2) is 22.9 Å². The van der Waals surface area contributed by atoms with Crippen molar-refractivity contribution in [2.45, 2.75) is 109 Å². The van der Waals surface area contributed by atoms with Gasteiger partial charge in [-0.1, -0.05) is 12.5 Å². The highest BCUT2D eigenvalue weighted by Crippen LogP contribution is 2.16. The van der Waals surface area contributed by atoms with Gasteiger partial charge in [-0.3, -0.25) is 48.4 Å². The number of carboxylic acids is 6. The fraction of sp³-hybridized carbons (Fsp3) is 0.659. The summed E-state index contributed by atoms with van der Waals surface area (Å²) in [5, 5.41) is 62.3. The Bertz CT molecular complexity index is 1860. The molecule has 0 saturated carbocycles. The summed E-state index contributed by atoms with van der Waals surface area (Å²) in [6.45, 7) is 1.74. The van der Waals surface area contributed by atoms with E-state index in [4.69, 9.17) is 0 Å². The Morgan fingerprint density at radius 2 is 1.12 bits per heavy atom. The maximum Gasteiger partial charge on any atom is 0.326 e. The Labute approximate surface area is 408 Å². The summed E-state index contributed by atoms with van der Waals surface area (Å²) in [6.07, 6.45) is 3.47. The van der Waals surface area contributed by atoms with Crippen LogP contribution in [0.4, 0.5) is 4.79 Å². The van der Waals surface area contributed by atoms with Crippen molar-refractivity contribution in [3.05, 3.63) is 28.5 Å². The molecule has 69 heavy (non-hydrogen) atoms. The van der Waals surface area contributed by atoms with Crippen LogP contribution in [-0.2, 0) is 49.7 Å². The second-order valence-corrected chi connectivity index (χ2v) is 17.8. The first kappa shape index (κ1) is 59.5. The number of rotatable bonds is 31. The minimum Gasteiger partial charge on any atom is -0.480 e. The van der Waals surface area contributed by atoms with Crippen LogP contribution in [0.1, 0.15) is 89.5 Å². The third kappa shape index (κ3) is 26.1. The molecule has 2 heterocycles. The molecule has 1 aromatic heterocycles. The minimum absolute atomic E-state index is 0.0254. The molecule has 1 saturated heterocycles. The molecule has 25 heteroatoms. The van der Waals surface area contributed by atoms with Gasteiger partial charge in [-0.2, -0.15) is 0 Å². The molecule has 1 aliphatic rings. The summed E-state index contributed by atoms with van der Waals surface area (Å²) in [6, 6.07) is -1.39. The van der Waals surface area contributed by atoms with Crippen LogP contribution in [0.25, 0.3) is 0 Å². The molecule has 0 bridgehead atoms. The number of nitrogens with zero attached hydrogens (tertiary/aromatic N) is 6. The predicted molar refractivity (Wildman–Crippen MR) is 248 cm³/mol. The molecular formula is C44H67BrN8O16. The lowest BCUT2D eigenvalue weighted by molar-refractivity contribution is -0.145. The van der Waals surface area contributed by atoms with Gasteiger partial charge in [0.25, 0.3) is 0 Å². The average molecular weight is 1040 g/mol. The number of hydrogen-bond acceptors (Lipinski definition) is 15. The molecule has 3 atom stereocenters. The van der Waals surface area contributed by atoms with E-state index in [9.17, 15) is 78.6 Å². The van der Waals surface area contributed by atoms with Crippen molar-refractivity contribution in [1.82, 2.24) is 40.1 Å². The lowest BCUT2D eigenvalue weighted by Gasteiger charge is -2.35. The molecule has 3 amide bonds. The number of pyridine rings is 1. The molecule has 2 rings (SSSR count). The van der Waals surface area contributed by atoms with Gasteiger partial charge in [0.1, 0.15) is 34.3 Å². The van der Waals surface area contributed by atoms with Crippen molar-refractivity contribution in [1.29, 1.82) is 0 Å². The zero-order chi connectivity index (χ0) is 51.5. The second-order valence-electron chi connectivity index (χ2n) is 17.0. The van der Waals surface area contributed by atoms with E-state index in [1.807, 2.05) is 0 Å². The van der Waals surface area contributed by atoms with Gasteiger partial charge in [-0.05, 0) is 79.4 Å². The second kappa shape index (κ2) is 32.2. The number of amides is 3. The van der Waals surface area contributed by atoms with Gasteiger partial charge in [-0.15, -0.1) is 0 Å². The Hall–Kier alpha value is -5.63. The molecule has 24 nitrogen and oxygen atoms in total. The number of carbonyl (C=O) groups excluding carboxylic acids is 4. The third-order valence-electron chi connectivity index (χ3n) is 11.4. The number of carboxylic acid groups (broad SMARTS) is 6. The molecule has 0 aromatic carbocycles. The highest BCUT2D eigenvalue weighted by atomic mass is 79.9. The van der Waals surface area contributed by atoms with Crippen LogP contribution >= 0.6 is 15.9 Å². The molecule has 1 aliphatic heterocycles. The average Bonchev–Trinajstić information content (AvgIpc) is 3.25.